The molecule has 0 aromatic heterocycles. The van der Waals surface area contributed by atoms with Gasteiger partial charge in [-0.2, -0.15) is 0 Å². The van der Waals surface area contributed by atoms with E-state index in [9.17, 15) is 4.79 Å². The summed E-state index contributed by atoms with van der Waals surface area (Å²) >= 11 is 0. The lowest BCUT2D eigenvalue weighted by atomic mass is 10.1. The molecule has 118 valence electrons. The number of nitrogens with one attached hydrogen (secondary N) is 2. The highest BCUT2D eigenvalue weighted by atomic mass is 35.5. The molecule has 1 heterocycles. The first-order valence-corrected chi connectivity index (χ1v) is 6.96. The van der Waals surface area contributed by atoms with Crippen LogP contribution in [0, 0.1) is 0 Å². The van der Waals surface area contributed by atoms with Crippen molar-refractivity contribution < 1.29 is 14.3 Å². The lowest BCUT2D eigenvalue weighted by Crippen LogP contribution is -2.41. The molecule has 2 rings (SSSR count). The summed E-state index contributed by atoms with van der Waals surface area (Å²) in [5, 5.41) is 6.16. The molecule has 0 radical (unpaired) electrons. The van der Waals surface area contributed by atoms with Crippen molar-refractivity contribution in [1.29, 1.82) is 0 Å². The van der Waals surface area contributed by atoms with Gasteiger partial charge in [0.05, 0.1) is 20.3 Å². The summed E-state index contributed by atoms with van der Waals surface area (Å²) in [6.07, 6.45) is 2.79. The van der Waals surface area contributed by atoms with Gasteiger partial charge in [0.15, 0.2) is 11.5 Å². The molecule has 21 heavy (non-hydrogen) atoms. The third-order valence-electron chi connectivity index (χ3n) is 3.54. The molecule has 1 fully saturated rings. The minimum absolute atomic E-state index is 0. The second-order valence-corrected chi connectivity index (χ2v) is 4.88. The van der Waals surface area contributed by atoms with Crippen molar-refractivity contribution in [1.82, 2.24) is 10.6 Å². The van der Waals surface area contributed by atoms with Crippen LogP contribution < -0.4 is 20.1 Å². The van der Waals surface area contributed by atoms with Crippen LogP contribution >= 0.6 is 12.4 Å². The van der Waals surface area contributed by atoms with E-state index >= 15 is 0 Å². The number of rotatable bonds is 6. The summed E-state index contributed by atoms with van der Waals surface area (Å²) in [6.45, 7) is 1.57. The molecule has 6 heteroatoms. The minimum Gasteiger partial charge on any atom is -0.493 e. The SMILES string of the molecule is COc1ccc(CCNC(=O)C2CCCN2)cc1OC.Cl. The van der Waals surface area contributed by atoms with Crippen LogP contribution in [0.2, 0.25) is 0 Å². The van der Waals surface area contributed by atoms with Gasteiger partial charge in [-0.25, -0.2) is 0 Å². The van der Waals surface area contributed by atoms with E-state index in [1.165, 1.54) is 0 Å². The van der Waals surface area contributed by atoms with Crippen molar-refractivity contribution in [2.45, 2.75) is 25.3 Å². The Morgan fingerprint density at radius 1 is 1.33 bits per heavy atom. The number of hydrogen-bond donors (Lipinski definition) is 2. The molecule has 1 amide bonds. The van der Waals surface area contributed by atoms with Gasteiger partial charge in [0.25, 0.3) is 0 Å². The van der Waals surface area contributed by atoms with E-state index in [0.29, 0.717) is 12.3 Å². The second kappa shape index (κ2) is 8.74. The van der Waals surface area contributed by atoms with Crippen LogP contribution in [0.5, 0.6) is 11.5 Å². The molecule has 0 saturated carbocycles. The average Bonchev–Trinajstić information content (AvgIpc) is 3.01. The maximum Gasteiger partial charge on any atom is 0.237 e. The summed E-state index contributed by atoms with van der Waals surface area (Å²) in [5.41, 5.74) is 1.11. The molecule has 2 N–H and O–H groups in total. The van der Waals surface area contributed by atoms with Gasteiger partial charge < -0.3 is 20.1 Å². The van der Waals surface area contributed by atoms with Gasteiger partial charge in [-0.3, -0.25) is 4.79 Å². The van der Waals surface area contributed by atoms with Crippen LogP contribution in [-0.2, 0) is 11.2 Å². The third-order valence-corrected chi connectivity index (χ3v) is 3.54. The molecule has 5 nitrogen and oxygen atoms in total. The summed E-state index contributed by atoms with van der Waals surface area (Å²) in [6, 6.07) is 5.80. The van der Waals surface area contributed by atoms with Crippen LogP contribution in [0.25, 0.3) is 0 Å². The van der Waals surface area contributed by atoms with Crippen LogP contribution in [0.1, 0.15) is 18.4 Å². The molecule has 1 aromatic rings. The standard InChI is InChI=1S/C15H22N2O3.ClH/c1-19-13-6-5-11(10-14(13)20-2)7-9-17-15(18)12-4-3-8-16-12;/h5-6,10,12,16H,3-4,7-9H2,1-2H3,(H,17,18);1H. The number of hydrogen-bond acceptors (Lipinski definition) is 4. The van der Waals surface area contributed by atoms with Gasteiger partial charge in [0, 0.05) is 6.54 Å². The summed E-state index contributed by atoms with van der Waals surface area (Å²) < 4.78 is 10.5. The highest BCUT2D eigenvalue weighted by Gasteiger charge is 2.21. The number of amides is 1. The summed E-state index contributed by atoms with van der Waals surface area (Å²) in [7, 11) is 3.24. The Balaban J connectivity index is 0.00000220. The van der Waals surface area contributed by atoms with Crippen molar-refractivity contribution in [3.8, 4) is 11.5 Å². The zero-order valence-electron chi connectivity index (χ0n) is 12.5. The smallest absolute Gasteiger partial charge is 0.237 e. The van der Waals surface area contributed by atoms with Gasteiger partial charge in [-0.1, -0.05) is 6.07 Å². The van der Waals surface area contributed by atoms with Crippen LogP contribution in [0.4, 0.5) is 0 Å². The van der Waals surface area contributed by atoms with Crippen LogP contribution in [-0.4, -0.2) is 39.3 Å². The lowest BCUT2D eigenvalue weighted by molar-refractivity contribution is -0.122. The number of methoxy groups -OCH3 is 2. The number of benzene rings is 1. The summed E-state index contributed by atoms with van der Waals surface area (Å²) in [5.74, 6) is 1.53. The molecule has 1 aliphatic heterocycles. The number of ether oxygens (including phenoxy) is 2. The van der Waals surface area contributed by atoms with Crippen LogP contribution in [0.3, 0.4) is 0 Å². The Kier molecular flexibility index (Phi) is 7.32. The van der Waals surface area contributed by atoms with E-state index in [1.54, 1.807) is 14.2 Å². The number of halogens is 1. The quantitative estimate of drug-likeness (QED) is 0.836. The first-order valence-electron chi connectivity index (χ1n) is 6.96. The molecule has 0 bridgehead atoms. The van der Waals surface area contributed by atoms with E-state index in [0.717, 1.165) is 37.1 Å². The van der Waals surface area contributed by atoms with E-state index in [1.807, 2.05) is 18.2 Å². The van der Waals surface area contributed by atoms with Crippen molar-refractivity contribution in [3.05, 3.63) is 23.8 Å². The van der Waals surface area contributed by atoms with Gasteiger partial charge >= 0.3 is 0 Å². The fraction of sp³-hybridized carbons (Fsp3) is 0.533. The van der Waals surface area contributed by atoms with E-state index < -0.39 is 0 Å². The molecule has 1 atom stereocenters. The third kappa shape index (κ3) is 4.79. The lowest BCUT2D eigenvalue weighted by Gasteiger charge is -2.12. The normalized spacial score (nSPS) is 17.0. The fourth-order valence-electron chi connectivity index (χ4n) is 2.40. The summed E-state index contributed by atoms with van der Waals surface area (Å²) in [4.78, 5) is 11.8. The van der Waals surface area contributed by atoms with Crippen molar-refractivity contribution in [2.24, 2.45) is 0 Å². The average molecular weight is 315 g/mol. The predicted octanol–water partition coefficient (Wildman–Crippen LogP) is 1.54. The largest absolute Gasteiger partial charge is 0.493 e. The molecule has 0 aliphatic carbocycles. The maximum atomic E-state index is 11.8. The monoisotopic (exact) mass is 314 g/mol. The Morgan fingerprint density at radius 3 is 2.71 bits per heavy atom. The molecule has 1 unspecified atom stereocenters. The predicted molar refractivity (Wildman–Crippen MR) is 84.5 cm³/mol. The minimum atomic E-state index is -0.0135. The second-order valence-electron chi connectivity index (χ2n) is 4.88. The van der Waals surface area contributed by atoms with Gasteiger partial charge in [0.1, 0.15) is 0 Å². The first-order chi connectivity index (χ1) is 9.74. The zero-order valence-corrected chi connectivity index (χ0v) is 13.3. The van der Waals surface area contributed by atoms with Crippen molar-refractivity contribution >= 4 is 18.3 Å². The Hall–Kier alpha value is -1.46. The van der Waals surface area contributed by atoms with Crippen molar-refractivity contribution in [3.63, 3.8) is 0 Å². The Bertz CT molecular complexity index is 462. The molecule has 1 aliphatic rings. The molecular weight excluding hydrogens is 292 g/mol. The van der Waals surface area contributed by atoms with E-state index in [2.05, 4.69) is 10.6 Å². The highest BCUT2D eigenvalue weighted by Crippen LogP contribution is 2.27. The molecule has 1 saturated heterocycles. The topological polar surface area (TPSA) is 59.6 Å². The number of carbonyl (C=O) groups excluding carboxylic acids is 1. The number of carbonyl (C=O) groups is 1. The molecule has 0 spiro atoms. The van der Waals surface area contributed by atoms with Gasteiger partial charge in [-0.05, 0) is 43.5 Å². The van der Waals surface area contributed by atoms with Crippen molar-refractivity contribution in [2.75, 3.05) is 27.3 Å². The molecular formula is C15H23ClN2O3. The van der Waals surface area contributed by atoms with E-state index in [-0.39, 0.29) is 24.4 Å². The Labute approximate surface area is 131 Å². The first kappa shape index (κ1) is 17.6. The van der Waals surface area contributed by atoms with Gasteiger partial charge in [0.2, 0.25) is 5.91 Å². The zero-order chi connectivity index (χ0) is 14.4. The van der Waals surface area contributed by atoms with Crippen LogP contribution in [0.15, 0.2) is 18.2 Å². The molecule has 1 aromatic carbocycles. The maximum absolute atomic E-state index is 11.8. The van der Waals surface area contributed by atoms with Gasteiger partial charge in [-0.15, -0.1) is 12.4 Å². The fourth-order valence-corrected chi connectivity index (χ4v) is 2.40. The highest BCUT2D eigenvalue weighted by molar-refractivity contribution is 5.85. The van der Waals surface area contributed by atoms with E-state index in [4.69, 9.17) is 9.47 Å². The Morgan fingerprint density at radius 2 is 2.10 bits per heavy atom.